The lowest BCUT2D eigenvalue weighted by Gasteiger charge is -2.27. The van der Waals surface area contributed by atoms with Gasteiger partial charge >= 0.3 is 5.97 Å². The number of methoxy groups -OCH3 is 1. The number of carbonyl (C=O) groups is 2. The monoisotopic (exact) mass is 293 g/mol. The van der Waals surface area contributed by atoms with Gasteiger partial charge in [-0.15, -0.1) is 0 Å². The molecule has 1 atom stereocenters. The average molecular weight is 293 g/mol. The fourth-order valence-electron chi connectivity index (χ4n) is 2.50. The molecule has 1 amide bonds. The molecular weight excluding hydrogens is 274 g/mol. The van der Waals surface area contributed by atoms with Crippen LogP contribution in [0.15, 0.2) is 18.2 Å². The maximum atomic E-state index is 12.4. The smallest absolute Gasteiger partial charge is 0.305 e. The highest BCUT2D eigenvalue weighted by Gasteiger charge is 2.38. The van der Waals surface area contributed by atoms with Crippen LogP contribution in [-0.4, -0.2) is 42.8 Å². The summed E-state index contributed by atoms with van der Waals surface area (Å²) in [6, 6.07) is 5.15. The van der Waals surface area contributed by atoms with Gasteiger partial charge in [0.15, 0.2) is 0 Å². The first kappa shape index (κ1) is 15.3. The molecule has 6 nitrogen and oxygen atoms in total. The van der Waals surface area contributed by atoms with E-state index in [2.05, 4.69) is 5.32 Å². The molecule has 0 aromatic heterocycles. The summed E-state index contributed by atoms with van der Waals surface area (Å²) in [4.78, 5) is 23.4. The number of carbonyl (C=O) groups excluding carboxylic acids is 1. The molecule has 1 fully saturated rings. The molecule has 0 saturated carbocycles. The van der Waals surface area contributed by atoms with Gasteiger partial charge in [0.2, 0.25) is 0 Å². The summed E-state index contributed by atoms with van der Waals surface area (Å²) in [6.45, 7) is 2.49. The van der Waals surface area contributed by atoms with Crippen molar-refractivity contribution < 1.29 is 24.2 Å². The van der Waals surface area contributed by atoms with E-state index in [1.165, 1.54) is 0 Å². The molecule has 6 heteroatoms. The Morgan fingerprint density at radius 1 is 1.48 bits per heavy atom. The summed E-state index contributed by atoms with van der Waals surface area (Å²) >= 11 is 0. The van der Waals surface area contributed by atoms with Crippen molar-refractivity contribution in [2.24, 2.45) is 0 Å². The van der Waals surface area contributed by atoms with Gasteiger partial charge < -0.3 is 19.9 Å². The molecule has 0 bridgehead atoms. The number of carboxylic acid groups (broad SMARTS) is 1. The van der Waals surface area contributed by atoms with E-state index in [1.54, 1.807) is 25.3 Å². The second-order valence-corrected chi connectivity index (χ2v) is 5.29. The molecule has 0 aliphatic carbocycles. The lowest BCUT2D eigenvalue weighted by Crippen LogP contribution is -2.50. The van der Waals surface area contributed by atoms with Gasteiger partial charge in [-0.2, -0.15) is 0 Å². The van der Waals surface area contributed by atoms with Crippen molar-refractivity contribution >= 4 is 11.9 Å². The third kappa shape index (κ3) is 3.52. The predicted molar refractivity (Wildman–Crippen MR) is 75.6 cm³/mol. The highest BCUT2D eigenvalue weighted by atomic mass is 16.5. The quantitative estimate of drug-likeness (QED) is 0.856. The number of amides is 1. The normalized spacial score (nSPS) is 21.0. The van der Waals surface area contributed by atoms with Crippen molar-refractivity contribution in [3.8, 4) is 5.75 Å². The van der Waals surface area contributed by atoms with Crippen LogP contribution in [-0.2, 0) is 9.53 Å². The van der Waals surface area contributed by atoms with Gasteiger partial charge in [0.05, 0.1) is 25.7 Å². The van der Waals surface area contributed by atoms with Crippen molar-refractivity contribution in [3.63, 3.8) is 0 Å². The highest BCUT2D eigenvalue weighted by Crippen LogP contribution is 2.24. The summed E-state index contributed by atoms with van der Waals surface area (Å²) < 4.78 is 10.4. The SMILES string of the molecule is COc1ccc(C(=O)NC2(CC(=O)O)CCOC2)c(C)c1. The maximum Gasteiger partial charge on any atom is 0.305 e. The maximum absolute atomic E-state index is 12.4. The van der Waals surface area contributed by atoms with E-state index < -0.39 is 11.5 Å². The van der Waals surface area contributed by atoms with Gasteiger partial charge in [0.1, 0.15) is 5.75 Å². The molecule has 21 heavy (non-hydrogen) atoms. The third-order valence-electron chi connectivity index (χ3n) is 3.65. The van der Waals surface area contributed by atoms with E-state index in [1.807, 2.05) is 6.92 Å². The van der Waals surface area contributed by atoms with Gasteiger partial charge in [-0.25, -0.2) is 0 Å². The van der Waals surface area contributed by atoms with Crippen molar-refractivity contribution in [2.45, 2.75) is 25.3 Å². The Morgan fingerprint density at radius 3 is 2.76 bits per heavy atom. The molecule has 0 spiro atoms. The number of benzene rings is 1. The Bertz CT molecular complexity index is 549. The first-order valence-corrected chi connectivity index (χ1v) is 6.72. The lowest BCUT2D eigenvalue weighted by atomic mass is 9.93. The minimum absolute atomic E-state index is 0.145. The zero-order valence-corrected chi connectivity index (χ0v) is 12.1. The predicted octanol–water partition coefficient (Wildman–Crippen LogP) is 1.37. The van der Waals surface area contributed by atoms with Gasteiger partial charge in [0.25, 0.3) is 5.91 Å². The number of hydrogen-bond acceptors (Lipinski definition) is 4. The van der Waals surface area contributed by atoms with Crippen LogP contribution < -0.4 is 10.1 Å². The van der Waals surface area contributed by atoms with Crippen molar-refractivity contribution in [2.75, 3.05) is 20.3 Å². The second-order valence-electron chi connectivity index (χ2n) is 5.29. The molecule has 1 heterocycles. The van der Waals surface area contributed by atoms with E-state index in [4.69, 9.17) is 14.6 Å². The minimum atomic E-state index is -0.952. The van der Waals surface area contributed by atoms with Crippen LogP contribution in [0.3, 0.4) is 0 Å². The average Bonchev–Trinajstić information content (AvgIpc) is 2.85. The van der Waals surface area contributed by atoms with E-state index in [0.29, 0.717) is 24.3 Å². The van der Waals surface area contributed by atoms with Crippen LogP contribution in [0.5, 0.6) is 5.75 Å². The number of aryl methyl sites for hydroxylation is 1. The van der Waals surface area contributed by atoms with E-state index in [0.717, 1.165) is 5.56 Å². The van der Waals surface area contributed by atoms with Crippen LogP contribution in [0.2, 0.25) is 0 Å². The molecule has 0 radical (unpaired) electrons. The zero-order valence-electron chi connectivity index (χ0n) is 12.1. The molecule has 1 aromatic carbocycles. The fraction of sp³-hybridized carbons (Fsp3) is 0.467. The number of aliphatic carboxylic acids is 1. The number of carboxylic acids is 1. The summed E-state index contributed by atoms with van der Waals surface area (Å²) in [6.07, 6.45) is 0.355. The molecule has 2 N–H and O–H groups in total. The standard InChI is InChI=1S/C15H19NO5/c1-10-7-11(20-2)3-4-12(10)14(19)16-15(8-13(17)18)5-6-21-9-15/h3-4,7H,5-6,8-9H2,1-2H3,(H,16,19)(H,17,18). The van der Waals surface area contributed by atoms with Gasteiger partial charge in [-0.05, 0) is 37.1 Å². The van der Waals surface area contributed by atoms with Crippen LogP contribution in [0.1, 0.15) is 28.8 Å². The summed E-state index contributed by atoms with van der Waals surface area (Å²) in [5.74, 6) is -0.567. The van der Waals surface area contributed by atoms with Gasteiger partial charge in [-0.3, -0.25) is 9.59 Å². The molecular formula is C15H19NO5. The molecule has 1 saturated heterocycles. The molecule has 1 aliphatic heterocycles. The second kappa shape index (κ2) is 6.13. The summed E-state index contributed by atoms with van der Waals surface area (Å²) in [7, 11) is 1.56. The Labute approximate surface area is 123 Å². The Balaban J connectivity index is 2.17. The topological polar surface area (TPSA) is 84.9 Å². The minimum Gasteiger partial charge on any atom is -0.497 e. The molecule has 114 valence electrons. The zero-order chi connectivity index (χ0) is 15.5. The Kier molecular flexibility index (Phi) is 4.47. The number of nitrogens with one attached hydrogen (secondary N) is 1. The fourth-order valence-corrected chi connectivity index (χ4v) is 2.50. The third-order valence-corrected chi connectivity index (χ3v) is 3.65. The Morgan fingerprint density at radius 2 is 2.24 bits per heavy atom. The summed E-state index contributed by atoms with van der Waals surface area (Å²) in [5.41, 5.74) is 0.457. The van der Waals surface area contributed by atoms with Crippen LogP contribution >= 0.6 is 0 Å². The van der Waals surface area contributed by atoms with Crippen LogP contribution in [0.4, 0.5) is 0 Å². The molecule has 1 aliphatic rings. The van der Waals surface area contributed by atoms with Gasteiger partial charge in [-0.1, -0.05) is 0 Å². The van der Waals surface area contributed by atoms with E-state index in [9.17, 15) is 9.59 Å². The van der Waals surface area contributed by atoms with Crippen LogP contribution in [0.25, 0.3) is 0 Å². The summed E-state index contributed by atoms with van der Waals surface area (Å²) in [5, 5.41) is 11.9. The van der Waals surface area contributed by atoms with Crippen molar-refractivity contribution in [3.05, 3.63) is 29.3 Å². The highest BCUT2D eigenvalue weighted by molar-refractivity contribution is 5.96. The largest absolute Gasteiger partial charge is 0.497 e. The molecule has 1 aromatic rings. The Hall–Kier alpha value is -2.08. The number of ether oxygens (including phenoxy) is 2. The number of hydrogen-bond donors (Lipinski definition) is 2. The van der Waals surface area contributed by atoms with Crippen molar-refractivity contribution in [1.29, 1.82) is 0 Å². The first-order valence-electron chi connectivity index (χ1n) is 6.72. The molecule has 2 rings (SSSR count). The number of rotatable bonds is 5. The molecule has 1 unspecified atom stereocenters. The van der Waals surface area contributed by atoms with Gasteiger partial charge in [0, 0.05) is 12.2 Å². The first-order chi connectivity index (χ1) is 9.96. The van der Waals surface area contributed by atoms with E-state index in [-0.39, 0.29) is 18.9 Å². The van der Waals surface area contributed by atoms with Crippen LogP contribution in [0, 0.1) is 6.92 Å². The van der Waals surface area contributed by atoms with E-state index >= 15 is 0 Å². The lowest BCUT2D eigenvalue weighted by molar-refractivity contribution is -0.138. The van der Waals surface area contributed by atoms with Crippen molar-refractivity contribution in [1.82, 2.24) is 5.32 Å².